The maximum absolute atomic E-state index is 11.8. The Labute approximate surface area is 126 Å². The molecule has 2 saturated heterocycles. The van der Waals surface area contributed by atoms with E-state index in [1.807, 2.05) is 0 Å². The highest BCUT2D eigenvalue weighted by atomic mass is 32.2. The first-order chi connectivity index (χ1) is 10.1. The molecule has 1 unspecified atom stereocenters. The van der Waals surface area contributed by atoms with Crippen LogP contribution in [0.5, 0.6) is 0 Å². The van der Waals surface area contributed by atoms with Crippen molar-refractivity contribution in [2.24, 2.45) is 0 Å². The average Bonchev–Trinajstić information content (AvgIpc) is 2.44. The van der Waals surface area contributed by atoms with E-state index < -0.39 is 9.84 Å². The lowest BCUT2D eigenvalue weighted by molar-refractivity contribution is -0.121. The first-order valence-corrected chi connectivity index (χ1v) is 9.38. The van der Waals surface area contributed by atoms with Gasteiger partial charge in [0.2, 0.25) is 5.91 Å². The Morgan fingerprint density at radius 1 is 1.33 bits per heavy atom. The number of carbonyl (C=O) groups excluding carboxylic acids is 1. The van der Waals surface area contributed by atoms with Gasteiger partial charge in [-0.05, 0) is 13.0 Å². The van der Waals surface area contributed by atoms with Gasteiger partial charge in [-0.25, -0.2) is 8.42 Å². The van der Waals surface area contributed by atoms with E-state index in [-0.39, 0.29) is 29.9 Å². The number of nitrogens with one attached hydrogen (secondary N) is 2. The summed E-state index contributed by atoms with van der Waals surface area (Å²) in [5.74, 6) is 0.158. The average molecular weight is 319 g/mol. The van der Waals surface area contributed by atoms with Crippen molar-refractivity contribution in [3.05, 3.63) is 0 Å². The van der Waals surface area contributed by atoms with Crippen molar-refractivity contribution in [3.63, 3.8) is 0 Å². The van der Waals surface area contributed by atoms with E-state index in [0.29, 0.717) is 13.1 Å². The van der Waals surface area contributed by atoms with Gasteiger partial charge in [-0.15, -0.1) is 0 Å². The van der Waals surface area contributed by atoms with Crippen molar-refractivity contribution in [2.75, 3.05) is 57.4 Å². The molecule has 1 atom stereocenters. The van der Waals surface area contributed by atoms with Crippen LogP contribution in [0.1, 0.15) is 12.8 Å². The molecule has 0 bridgehead atoms. The van der Waals surface area contributed by atoms with E-state index in [2.05, 4.69) is 15.5 Å². The van der Waals surface area contributed by atoms with Crippen LogP contribution in [0.2, 0.25) is 0 Å². The van der Waals surface area contributed by atoms with Gasteiger partial charge < -0.3 is 15.4 Å². The third-order valence-corrected chi connectivity index (χ3v) is 5.55. The maximum atomic E-state index is 11.8. The van der Waals surface area contributed by atoms with Crippen molar-refractivity contribution in [1.82, 2.24) is 15.5 Å². The zero-order valence-corrected chi connectivity index (χ0v) is 13.2. The molecule has 0 radical (unpaired) electrons. The van der Waals surface area contributed by atoms with E-state index in [1.54, 1.807) is 0 Å². The van der Waals surface area contributed by atoms with Gasteiger partial charge >= 0.3 is 0 Å². The van der Waals surface area contributed by atoms with Gasteiger partial charge in [0.1, 0.15) is 0 Å². The van der Waals surface area contributed by atoms with Crippen LogP contribution in [-0.4, -0.2) is 82.7 Å². The van der Waals surface area contributed by atoms with Gasteiger partial charge in [0.25, 0.3) is 0 Å². The van der Waals surface area contributed by atoms with Crippen molar-refractivity contribution < 1.29 is 17.9 Å². The zero-order chi connectivity index (χ0) is 15.1. The third-order valence-electron chi connectivity index (χ3n) is 3.81. The second-order valence-corrected chi connectivity index (χ2v) is 7.86. The van der Waals surface area contributed by atoms with Gasteiger partial charge in [0, 0.05) is 38.6 Å². The van der Waals surface area contributed by atoms with Gasteiger partial charge in [-0.2, -0.15) is 0 Å². The summed E-state index contributed by atoms with van der Waals surface area (Å²) < 4.78 is 28.3. The first-order valence-electron chi connectivity index (χ1n) is 7.56. The van der Waals surface area contributed by atoms with E-state index >= 15 is 0 Å². The molecule has 0 aromatic heterocycles. The topological polar surface area (TPSA) is 87.7 Å². The molecule has 122 valence electrons. The van der Waals surface area contributed by atoms with Gasteiger partial charge in [0.05, 0.1) is 24.7 Å². The third kappa shape index (κ3) is 6.29. The van der Waals surface area contributed by atoms with Crippen LogP contribution >= 0.6 is 0 Å². The van der Waals surface area contributed by atoms with Crippen LogP contribution in [0.15, 0.2) is 0 Å². The highest BCUT2D eigenvalue weighted by Crippen LogP contribution is 2.05. The van der Waals surface area contributed by atoms with Crippen LogP contribution < -0.4 is 10.6 Å². The predicted molar refractivity (Wildman–Crippen MR) is 79.9 cm³/mol. The summed E-state index contributed by atoms with van der Waals surface area (Å²) in [6.07, 6.45) is 1.14. The molecule has 21 heavy (non-hydrogen) atoms. The molecule has 0 aliphatic carbocycles. The second-order valence-electron chi connectivity index (χ2n) is 5.63. The molecular weight excluding hydrogens is 294 g/mol. The summed E-state index contributed by atoms with van der Waals surface area (Å²) in [5, 5.41) is 5.95. The number of rotatable bonds is 6. The van der Waals surface area contributed by atoms with Crippen LogP contribution in [0.25, 0.3) is 0 Å². The van der Waals surface area contributed by atoms with Crippen LogP contribution in [0, 0.1) is 0 Å². The number of amides is 1. The highest BCUT2D eigenvalue weighted by Gasteiger charge is 2.25. The lowest BCUT2D eigenvalue weighted by Crippen LogP contribution is -2.47. The summed E-state index contributed by atoms with van der Waals surface area (Å²) in [4.78, 5) is 14.1. The smallest absolute Gasteiger partial charge is 0.221 e. The molecule has 2 aliphatic heterocycles. The van der Waals surface area contributed by atoms with Crippen molar-refractivity contribution in [2.45, 2.75) is 18.9 Å². The molecule has 2 rings (SSSR count). The normalized spacial score (nSPS) is 26.4. The van der Waals surface area contributed by atoms with Crippen LogP contribution in [0.3, 0.4) is 0 Å². The SMILES string of the molecule is O=C(CC1CS(=O)(=O)CCN1)NCCCN1CCOCC1. The highest BCUT2D eigenvalue weighted by molar-refractivity contribution is 7.91. The van der Waals surface area contributed by atoms with Crippen molar-refractivity contribution in [3.8, 4) is 0 Å². The standard InChI is InChI=1S/C13H25N3O4S/c17-13(10-12-11-21(18,19)9-3-14-12)15-2-1-4-16-5-7-20-8-6-16/h12,14H,1-11H2,(H,15,17). The molecule has 0 aromatic carbocycles. The Morgan fingerprint density at radius 2 is 2.10 bits per heavy atom. The molecule has 8 heteroatoms. The minimum atomic E-state index is -2.98. The fourth-order valence-corrected chi connectivity index (χ4v) is 4.09. The fourth-order valence-electron chi connectivity index (χ4n) is 2.65. The Kier molecular flexibility index (Phi) is 6.40. The molecule has 2 aliphatic rings. The minimum Gasteiger partial charge on any atom is -0.379 e. The lowest BCUT2D eigenvalue weighted by Gasteiger charge is -2.26. The number of ether oxygens (including phenoxy) is 1. The fraction of sp³-hybridized carbons (Fsp3) is 0.923. The summed E-state index contributed by atoms with van der Waals surface area (Å²) in [6, 6.07) is -0.247. The molecule has 0 saturated carbocycles. The van der Waals surface area contributed by atoms with Gasteiger partial charge in [-0.1, -0.05) is 0 Å². The Bertz CT molecular complexity index is 435. The van der Waals surface area contributed by atoms with E-state index in [0.717, 1.165) is 39.3 Å². The summed E-state index contributed by atoms with van der Waals surface area (Å²) in [7, 11) is -2.98. The molecular formula is C13H25N3O4S. The monoisotopic (exact) mass is 319 g/mol. The zero-order valence-electron chi connectivity index (χ0n) is 12.3. The summed E-state index contributed by atoms with van der Waals surface area (Å²) >= 11 is 0. The number of nitrogens with zero attached hydrogens (tertiary/aromatic N) is 1. The minimum absolute atomic E-state index is 0.0637. The Hall–Kier alpha value is -0.700. The molecule has 7 nitrogen and oxygen atoms in total. The quantitative estimate of drug-likeness (QED) is 0.586. The Balaban J connectivity index is 1.57. The largest absolute Gasteiger partial charge is 0.379 e. The lowest BCUT2D eigenvalue weighted by atomic mass is 10.2. The predicted octanol–water partition coefficient (Wildman–Crippen LogP) is -1.40. The van der Waals surface area contributed by atoms with Crippen molar-refractivity contribution in [1.29, 1.82) is 0 Å². The maximum Gasteiger partial charge on any atom is 0.221 e. The number of morpholine rings is 1. The second kappa shape index (κ2) is 8.07. The molecule has 2 heterocycles. The molecule has 0 aromatic rings. The molecule has 1 amide bonds. The van der Waals surface area contributed by atoms with E-state index in [4.69, 9.17) is 4.74 Å². The molecule has 2 N–H and O–H groups in total. The molecule has 2 fully saturated rings. The number of hydrogen-bond acceptors (Lipinski definition) is 6. The van der Waals surface area contributed by atoms with Crippen LogP contribution in [0.4, 0.5) is 0 Å². The van der Waals surface area contributed by atoms with Gasteiger partial charge in [0.15, 0.2) is 9.84 Å². The number of hydrogen-bond donors (Lipinski definition) is 2. The summed E-state index contributed by atoms with van der Waals surface area (Å²) in [6.45, 7) is 5.52. The van der Waals surface area contributed by atoms with Crippen molar-refractivity contribution >= 4 is 15.7 Å². The number of sulfone groups is 1. The van der Waals surface area contributed by atoms with Crippen LogP contribution in [-0.2, 0) is 19.4 Å². The van der Waals surface area contributed by atoms with E-state index in [9.17, 15) is 13.2 Å². The Morgan fingerprint density at radius 3 is 2.81 bits per heavy atom. The van der Waals surface area contributed by atoms with Gasteiger partial charge in [-0.3, -0.25) is 9.69 Å². The molecule has 0 spiro atoms. The first kappa shape index (κ1) is 16.7. The number of carbonyl (C=O) groups is 1. The summed E-state index contributed by atoms with van der Waals surface area (Å²) in [5.41, 5.74) is 0. The van der Waals surface area contributed by atoms with E-state index in [1.165, 1.54) is 0 Å².